The fourth-order valence-electron chi connectivity index (χ4n) is 9.28. The van der Waals surface area contributed by atoms with Gasteiger partial charge in [-0.1, -0.05) is 144 Å². The second kappa shape index (κ2) is 27.7. The summed E-state index contributed by atoms with van der Waals surface area (Å²) >= 11 is 0. The fourth-order valence-corrected chi connectivity index (χ4v) is 9.28. The third kappa shape index (κ3) is 20.2. The Morgan fingerprint density at radius 1 is 0.651 bits per heavy atom. The van der Waals surface area contributed by atoms with E-state index in [2.05, 4.69) is 46.9 Å². The molecule has 0 aliphatic carbocycles. The van der Waals surface area contributed by atoms with Crippen LogP contribution in [0, 0.1) is 38.5 Å². The first-order valence-corrected chi connectivity index (χ1v) is 25.6. The second-order valence-corrected chi connectivity index (χ2v) is 21.1. The molecule has 0 aromatic heterocycles. The Morgan fingerprint density at radius 2 is 1.19 bits per heavy atom. The average Bonchev–Trinajstić information content (AvgIpc) is 3.23. The molecule has 1 aromatic rings. The zero-order valence-electron chi connectivity index (χ0n) is 42.3. The molecule has 1 aromatic carbocycles. The van der Waals surface area contributed by atoms with Crippen LogP contribution >= 0.6 is 0 Å². The van der Waals surface area contributed by atoms with Crippen molar-refractivity contribution in [3.8, 4) is 11.5 Å². The molecule has 0 radical (unpaired) electrons. The molecule has 0 saturated carbocycles. The highest BCUT2D eigenvalue weighted by molar-refractivity contribution is 5.80. The molecule has 3 atom stereocenters. The highest BCUT2D eigenvalue weighted by Gasteiger charge is 2.42. The van der Waals surface area contributed by atoms with Crippen LogP contribution in [0.2, 0.25) is 0 Å². The van der Waals surface area contributed by atoms with Gasteiger partial charge in [0.05, 0.1) is 26.1 Å². The number of ether oxygens (including phenoxy) is 5. The maximum atomic E-state index is 13.2. The molecule has 1 saturated heterocycles. The molecule has 2 aliphatic rings. The van der Waals surface area contributed by atoms with Crippen molar-refractivity contribution in [2.24, 2.45) is 17.8 Å². The Hall–Kier alpha value is -2.65. The first-order valence-electron chi connectivity index (χ1n) is 25.6. The van der Waals surface area contributed by atoms with E-state index in [4.69, 9.17) is 23.7 Å². The van der Waals surface area contributed by atoms with Gasteiger partial charge in [0.2, 0.25) is 5.91 Å². The second-order valence-electron chi connectivity index (χ2n) is 21.1. The summed E-state index contributed by atoms with van der Waals surface area (Å²) in [6, 6.07) is 0. The maximum Gasteiger partial charge on any atom is 0.311 e. The lowest BCUT2D eigenvalue weighted by atomic mass is 9.83. The lowest BCUT2D eigenvalue weighted by Gasteiger charge is -2.43. The van der Waals surface area contributed by atoms with E-state index >= 15 is 0 Å². The van der Waals surface area contributed by atoms with Crippen molar-refractivity contribution in [2.75, 3.05) is 19.8 Å². The number of rotatable bonds is 31. The van der Waals surface area contributed by atoms with Crippen LogP contribution in [0.3, 0.4) is 0 Å². The van der Waals surface area contributed by atoms with Crippen molar-refractivity contribution < 1.29 is 38.1 Å². The predicted molar refractivity (Wildman–Crippen MR) is 256 cm³/mol. The normalized spacial score (nSPS) is 18.9. The summed E-state index contributed by atoms with van der Waals surface area (Å²) in [4.78, 5) is 39.3. The van der Waals surface area contributed by atoms with Crippen molar-refractivity contribution in [1.82, 2.24) is 5.32 Å². The van der Waals surface area contributed by atoms with Crippen molar-refractivity contribution in [2.45, 2.75) is 254 Å². The van der Waals surface area contributed by atoms with Gasteiger partial charge < -0.3 is 29.0 Å². The molecular formula is C54H93NO8. The largest absolute Gasteiger partial charge is 0.487 e. The number of unbranched alkanes of at least 4 members (excludes halogenated alkanes) is 10. The SMILES string of the molecule is CCCCCCCCCCCCCC(=O)NC1(COC(=O)CCC(=O)Oc2c(C)c(C)c3c(c2C)CCC(C)(CCCC(C)CCCC(C)CCCC(C)C)O3)COC(C)(C)OC1. The van der Waals surface area contributed by atoms with E-state index in [1.165, 1.54) is 96.3 Å². The van der Waals surface area contributed by atoms with Crippen LogP contribution in [0.1, 0.15) is 232 Å². The highest BCUT2D eigenvalue weighted by Crippen LogP contribution is 2.45. The summed E-state index contributed by atoms with van der Waals surface area (Å²) in [6.45, 7) is 23.8. The van der Waals surface area contributed by atoms with Crippen molar-refractivity contribution >= 4 is 17.8 Å². The van der Waals surface area contributed by atoms with E-state index in [0.717, 1.165) is 90.7 Å². The van der Waals surface area contributed by atoms with Crippen LogP contribution in [-0.2, 0) is 35.0 Å². The van der Waals surface area contributed by atoms with Gasteiger partial charge >= 0.3 is 11.9 Å². The van der Waals surface area contributed by atoms with Gasteiger partial charge in [-0.05, 0) is 108 Å². The summed E-state index contributed by atoms with van der Waals surface area (Å²) < 4.78 is 30.3. The minimum atomic E-state index is -1.00. The third-order valence-corrected chi connectivity index (χ3v) is 13.9. The highest BCUT2D eigenvalue weighted by atomic mass is 16.7. The summed E-state index contributed by atoms with van der Waals surface area (Å²) in [5.41, 5.74) is 2.67. The zero-order chi connectivity index (χ0) is 46.5. The van der Waals surface area contributed by atoms with Crippen LogP contribution in [0.5, 0.6) is 11.5 Å². The van der Waals surface area contributed by atoms with Gasteiger partial charge in [-0.2, -0.15) is 0 Å². The van der Waals surface area contributed by atoms with E-state index in [0.29, 0.717) is 12.2 Å². The molecule has 3 rings (SSSR count). The van der Waals surface area contributed by atoms with Crippen LogP contribution in [0.25, 0.3) is 0 Å². The molecule has 0 bridgehead atoms. The molecule has 2 aliphatic heterocycles. The molecular weight excluding hydrogens is 791 g/mol. The van der Waals surface area contributed by atoms with Gasteiger partial charge in [-0.25, -0.2) is 0 Å². The van der Waals surface area contributed by atoms with Crippen LogP contribution in [0.4, 0.5) is 0 Å². The number of amides is 1. The molecule has 1 fully saturated rings. The Balaban J connectivity index is 1.43. The first-order chi connectivity index (χ1) is 29.9. The molecule has 1 amide bonds. The Labute approximate surface area is 385 Å². The van der Waals surface area contributed by atoms with Gasteiger partial charge in [0, 0.05) is 12.0 Å². The van der Waals surface area contributed by atoms with Crippen molar-refractivity contribution in [1.29, 1.82) is 0 Å². The standard InChI is InChI=1S/C54H93NO8/c1-12-13-14-15-16-17-18-19-20-21-22-31-47(56)55-54(38-60-52(9,10)61-39-54)37-59-48(57)32-33-49(58)62-50-43(6)44(7)51-46(45(50)8)34-36-53(11,63-51)35-25-30-42(5)29-24-28-41(4)27-23-26-40(2)3/h40-42H,12-39H2,1-11H3,(H,55,56). The number of benzene rings is 1. The number of carbonyl (C=O) groups is 3. The topological polar surface area (TPSA) is 109 Å². The Morgan fingerprint density at radius 3 is 1.78 bits per heavy atom. The van der Waals surface area contributed by atoms with E-state index in [9.17, 15) is 14.4 Å². The molecule has 63 heavy (non-hydrogen) atoms. The maximum absolute atomic E-state index is 13.2. The lowest BCUT2D eigenvalue weighted by molar-refractivity contribution is -0.275. The smallest absolute Gasteiger partial charge is 0.311 e. The number of nitrogens with one attached hydrogen (secondary N) is 1. The van der Waals surface area contributed by atoms with Crippen LogP contribution < -0.4 is 14.8 Å². The van der Waals surface area contributed by atoms with Gasteiger partial charge in [-0.15, -0.1) is 0 Å². The summed E-state index contributed by atoms with van der Waals surface area (Å²) in [5, 5.41) is 3.07. The quantitative estimate of drug-likeness (QED) is 0.0446. The van der Waals surface area contributed by atoms with E-state index in [1.54, 1.807) is 0 Å². The van der Waals surface area contributed by atoms with Crippen LogP contribution in [0.15, 0.2) is 0 Å². The number of hydrogen-bond acceptors (Lipinski definition) is 8. The predicted octanol–water partition coefficient (Wildman–Crippen LogP) is 13.7. The third-order valence-electron chi connectivity index (χ3n) is 13.9. The first kappa shape index (κ1) is 54.7. The van der Waals surface area contributed by atoms with Crippen molar-refractivity contribution in [3.63, 3.8) is 0 Å². The van der Waals surface area contributed by atoms with Crippen molar-refractivity contribution in [3.05, 3.63) is 22.3 Å². The monoisotopic (exact) mass is 884 g/mol. The lowest BCUT2D eigenvalue weighted by Crippen LogP contribution is -2.63. The summed E-state index contributed by atoms with van der Waals surface area (Å²) in [6.07, 6.45) is 26.7. The van der Waals surface area contributed by atoms with Gasteiger partial charge in [0.1, 0.15) is 29.2 Å². The number of fused-ring (bicyclic) bond motifs is 1. The Bertz CT molecular complexity index is 1530. The van der Waals surface area contributed by atoms with Gasteiger partial charge in [0.15, 0.2) is 5.79 Å². The number of carbonyl (C=O) groups excluding carboxylic acids is 3. The van der Waals surface area contributed by atoms with Gasteiger partial charge in [-0.3, -0.25) is 14.4 Å². The minimum absolute atomic E-state index is 0.109. The van der Waals surface area contributed by atoms with Crippen LogP contribution in [-0.4, -0.2) is 54.6 Å². The molecule has 2 heterocycles. The average molecular weight is 884 g/mol. The Kier molecular flexibility index (Phi) is 24.1. The van der Waals surface area contributed by atoms with E-state index in [-0.39, 0.29) is 44.2 Å². The summed E-state index contributed by atoms with van der Waals surface area (Å²) in [5.74, 6) is 1.89. The fraction of sp³-hybridized carbons (Fsp3) is 0.833. The summed E-state index contributed by atoms with van der Waals surface area (Å²) in [7, 11) is 0. The van der Waals surface area contributed by atoms with E-state index < -0.39 is 23.3 Å². The molecule has 9 nitrogen and oxygen atoms in total. The number of hydrogen-bond donors (Lipinski definition) is 1. The molecule has 3 unspecified atom stereocenters. The molecule has 362 valence electrons. The molecule has 9 heteroatoms. The minimum Gasteiger partial charge on any atom is -0.487 e. The van der Waals surface area contributed by atoms with E-state index in [1.807, 2.05) is 34.6 Å². The zero-order valence-corrected chi connectivity index (χ0v) is 42.3. The van der Waals surface area contributed by atoms with Gasteiger partial charge in [0.25, 0.3) is 0 Å². The molecule has 1 N–H and O–H groups in total. The number of esters is 2. The molecule has 0 spiro atoms.